The molecule has 1 amide bonds. The number of amides is 1. The molecule has 1 fully saturated rings. The van der Waals surface area contributed by atoms with E-state index in [4.69, 9.17) is 4.74 Å². The van der Waals surface area contributed by atoms with E-state index in [1.54, 1.807) is 36.4 Å². The number of hydrogen-bond donors (Lipinski definition) is 1. The molecule has 0 aliphatic carbocycles. The minimum atomic E-state index is -1.17. The molecule has 6 nitrogen and oxygen atoms in total. The van der Waals surface area contributed by atoms with Crippen LogP contribution in [-0.4, -0.2) is 28.4 Å². The number of carbonyl (C=O) groups excluding carboxylic acids is 2. The molecule has 0 spiro atoms. The first-order valence-electron chi connectivity index (χ1n) is 10.7. The summed E-state index contributed by atoms with van der Waals surface area (Å²) in [5.41, 5.74) is 0.111. The van der Waals surface area contributed by atoms with Gasteiger partial charge >= 0.3 is 0 Å². The molecule has 1 N–H and O–H groups in total. The van der Waals surface area contributed by atoms with Crippen LogP contribution in [-0.2, 0) is 9.59 Å². The van der Waals surface area contributed by atoms with Gasteiger partial charge in [-0.15, -0.1) is 0 Å². The van der Waals surface area contributed by atoms with Crippen LogP contribution in [0.4, 0.5) is 14.5 Å². The number of rotatable bonds is 6. The van der Waals surface area contributed by atoms with E-state index >= 15 is 0 Å². The van der Waals surface area contributed by atoms with Gasteiger partial charge in [0.25, 0.3) is 11.7 Å². The zero-order valence-corrected chi connectivity index (χ0v) is 18.5. The van der Waals surface area contributed by atoms with Crippen molar-refractivity contribution >= 4 is 23.1 Å². The van der Waals surface area contributed by atoms with Gasteiger partial charge in [-0.1, -0.05) is 32.0 Å². The summed E-state index contributed by atoms with van der Waals surface area (Å²) < 4.78 is 33.9. The summed E-state index contributed by atoms with van der Waals surface area (Å²) in [6.45, 7) is 4.44. The van der Waals surface area contributed by atoms with Crippen molar-refractivity contribution in [3.8, 4) is 5.75 Å². The molecule has 8 heteroatoms. The number of hydrogen-bond acceptors (Lipinski definition) is 5. The van der Waals surface area contributed by atoms with Crippen molar-refractivity contribution in [3.63, 3.8) is 0 Å². The lowest BCUT2D eigenvalue weighted by molar-refractivity contribution is -0.132. The lowest BCUT2D eigenvalue weighted by Gasteiger charge is -2.25. The zero-order valence-electron chi connectivity index (χ0n) is 18.5. The number of aliphatic hydroxyl groups excluding tert-OH is 1. The summed E-state index contributed by atoms with van der Waals surface area (Å²) in [6.07, 6.45) is 2.92. The SMILES string of the molecule is CC(C)COc1cccc(/C(O)=C2\C(=O)C(=O)N(c3ccc(F)cc3F)C2c2cccnc2)c1. The van der Waals surface area contributed by atoms with Crippen molar-refractivity contribution in [1.82, 2.24) is 4.98 Å². The van der Waals surface area contributed by atoms with Crippen LogP contribution >= 0.6 is 0 Å². The molecule has 1 aliphatic heterocycles. The highest BCUT2D eigenvalue weighted by atomic mass is 19.1. The van der Waals surface area contributed by atoms with E-state index in [1.165, 1.54) is 12.4 Å². The van der Waals surface area contributed by atoms with Gasteiger partial charge in [0, 0.05) is 24.0 Å². The Morgan fingerprint density at radius 2 is 1.91 bits per heavy atom. The lowest BCUT2D eigenvalue weighted by atomic mass is 9.96. The van der Waals surface area contributed by atoms with E-state index in [0.29, 0.717) is 24.0 Å². The lowest BCUT2D eigenvalue weighted by Crippen LogP contribution is -2.30. The number of benzene rings is 2. The second kappa shape index (κ2) is 9.43. The Kier molecular flexibility index (Phi) is 6.40. The van der Waals surface area contributed by atoms with Crippen molar-refractivity contribution in [2.24, 2.45) is 5.92 Å². The largest absolute Gasteiger partial charge is 0.507 e. The normalized spacial score (nSPS) is 17.4. The number of anilines is 1. The highest BCUT2D eigenvalue weighted by Gasteiger charge is 2.47. The van der Waals surface area contributed by atoms with Crippen molar-refractivity contribution in [2.75, 3.05) is 11.5 Å². The number of Topliss-reactive ketones (excluding diaryl/α,β-unsaturated/α-hetero) is 1. The summed E-state index contributed by atoms with van der Waals surface area (Å²) >= 11 is 0. The smallest absolute Gasteiger partial charge is 0.300 e. The Balaban J connectivity index is 1.87. The maximum absolute atomic E-state index is 14.7. The topological polar surface area (TPSA) is 79.7 Å². The number of ether oxygens (including phenoxy) is 1. The van der Waals surface area contributed by atoms with Crippen molar-refractivity contribution in [2.45, 2.75) is 19.9 Å². The second-order valence-corrected chi connectivity index (χ2v) is 8.28. The molecule has 34 heavy (non-hydrogen) atoms. The third kappa shape index (κ3) is 4.39. The molecule has 0 radical (unpaired) electrons. The van der Waals surface area contributed by atoms with E-state index in [9.17, 15) is 23.5 Å². The molecule has 0 saturated carbocycles. The average Bonchev–Trinajstić information content (AvgIpc) is 3.08. The number of halogens is 2. The van der Waals surface area contributed by atoms with E-state index in [0.717, 1.165) is 17.0 Å². The molecule has 1 saturated heterocycles. The van der Waals surface area contributed by atoms with Gasteiger partial charge in [0.1, 0.15) is 23.1 Å². The van der Waals surface area contributed by atoms with Crippen LogP contribution in [0.5, 0.6) is 5.75 Å². The Bertz CT molecular complexity index is 1270. The van der Waals surface area contributed by atoms with Crippen LogP contribution in [0.3, 0.4) is 0 Å². The van der Waals surface area contributed by atoms with Crippen LogP contribution < -0.4 is 9.64 Å². The van der Waals surface area contributed by atoms with Gasteiger partial charge in [0.2, 0.25) is 0 Å². The second-order valence-electron chi connectivity index (χ2n) is 8.28. The fourth-order valence-corrected chi connectivity index (χ4v) is 3.76. The number of aromatic nitrogens is 1. The molecular formula is C26H22F2N2O4. The number of nitrogens with zero attached hydrogens (tertiary/aromatic N) is 2. The summed E-state index contributed by atoms with van der Waals surface area (Å²) in [4.78, 5) is 31.1. The minimum absolute atomic E-state index is 0.234. The quantitative estimate of drug-likeness (QED) is 0.315. The minimum Gasteiger partial charge on any atom is -0.507 e. The highest BCUT2D eigenvalue weighted by Crippen LogP contribution is 2.43. The van der Waals surface area contributed by atoms with Gasteiger partial charge in [-0.3, -0.25) is 19.5 Å². The molecule has 1 unspecified atom stereocenters. The Morgan fingerprint density at radius 1 is 1.12 bits per heavy atom. The summed E-state index contributed by atoms with van der Waals surface area (Å²) in [7, 11) is 0. The first-order chi connectivity index (χ1) is 16.3. The molecule has 2 aromatic carbocycles. The van der Waals surface area contributed by atoms with Gasteiger partial charge in [-0.2, -0.15) is 0 Å². The predicted molar refractivity (Wildman–Crippen MR) is 122 cm³/mol. The Labute approximate surface area is 195 Å². The third-order valence-electron chi connectivity index (χ3n) is 5.30. The average molecular weight is 464 g/mol. The van der Waals surface area contributed by atoms with E-state index in [-0.39, 0.29) is 22.7 Å². The standard InChI is InChI=1S/C26H22F2N2O4/c1-15(2)14-34-19-7-3-5-16(11-19)24(31)22-23(17-6-4-10-29-13-17)30(26(33)25(22)32)21-9-8-18(27)12-20(21)28/h3-13,15,23,31H,14H2,1-2H3/b24-22+. The number of pyridine rings is 1. The molecule has 2 heterocycles. The van der Waals surface area contributed by atoms with Crippen molar-refractivity contribution < 1.29 is 28.2 Å². The predicted octanol–water partition coefficient (Wildman–Crippen LogP) is 5.02. The Morgan fingerprint density at radius 3 is 2.59 bits per heavy atom. The fourth-order valence-electron chi connectivity index (χ4n) is 3.76. The van der Waals surface area contributed by atoms with E-state index in [2.05, 4.69) is 4.98 Å². The zero-order chi connectivity index (χ0) is 24.4. The molecule has 1 atom stereocenters. The van der Waals surface area contributed by atoms with Gasteiger partial charge in [0.05, 0.1) is 23.9 Å². The van der Waals surface area contributed by atoms with E-state index in [1.807, 2.05) is 13.8 Å². The van der Waals surface area contributed by atoms with Crippen LogP contribution in [0.2, 0.25) is 0 Å². The first-order valence-corrected chi connectivity index (χ1v) is 10.7. The third-order valence-corrected chi connectivity index (χ3v) is 5.30. The van der Waals surface area contributed by atoms with E-state index < -0.39 is 35.1 Å². The molecule has 0 bridgehead atoms. The van der Waals surface area contributed by atoms with Crippen LogP contribution in [0.15, 0.2) is 72.6 Å². The number of carbonyl (C=O) groups is 2. The molecule has 3 aromatic rings. The van der Waals surface area contributed by atoms with Gasteiger partial charge in [-0.25, -0.2) is 8.78 Å². The van der Waals surface area contributed by atoms with Crippen molar-refractivity contribution in [1.29, 1.82) is 0 Å². The monoisotopic (exact) mass is 464 g/mol. The number of aliphatic hydroxyl groups is 1. The first kappa shape index (κ1) is 23.1. The number of ketones is 1. The summed E-state index contributed by atoms with van der Waals surface area (Å²) in [6, 6.07) is 11.2. The van der Waals surface area contributed by atoms with Crippen LogP contribution in [0, 0.1) is 17.6 Å². The molecular weight excluding hydrogens is 442 g/mol. The maximum atomic E-state index is 14.7. The van der Waals surface area contributed by atoms with Gasteiger partial charge in [-0.05, 0) is 41.8 Å². The summed E-state index contributed by atoms with van der Waals surface area (Å²) in [5, 5.41) is 11.2. The maximum Gasteiger partial charge on any atom is 0.300 e. The molecule has 4 rings (SSSR count). The summed E-state index contributed by atoms with van der Waals surface area (Å²) in [5.74, 6) is -3.56. The fraction of sp³-hybridized carbons (Fsp3) is 0.192. The highest BCUT2D eigenvalue weighted by molar-refractivity contribution is 6.51. The van der Waals surface area contributed by atoms with Crippen LogP contribution in [0.25, 0.3) is 5.76 Å². The molecule has 1 aliphatic rings. The van der Waals surface area contributed by atoms with Gasteiger partial charge < -0.3 is 9.84 Å². The van der Waals surface area contributed by atoms with Crippen LogP contribution in [0.1, 0.15) is 31.0 Å². The van der Waals surface area contributed by atoms with Gasteiger partial charge in [0.15, 0.2) is 0 Å². The van der Waals surface area contributed by atoms with Crippen molar-refractivity contribution in [3.05, 3.63) is 95.3 Å². The molecule has 1 aromatic heterocycles. The Hall–Kier alpha value is -4.07. The molecule has 174 valence electrons.